The fraction of sp³-hybridized carbons (Fsp3) is 0.0556. The lowest BCUT2D eigenvalue weighted by Gasteiger charge is -2.12. The number of hydrogen-bond acceptors (Lipinski definition) is 5. The molecule has 3 N–H and O–H groups in total. The molecule has 1 heterocycles. The number of sulfonamides is 1. The Bertz CT molecular complexity index is 1090. The monoisotopic (exact) mass is 422 g/mol. The normalized spacial score (nSPS) is 11.2. The SMILES string of the molecule is Cc1ccc(Oc2ccc(Cl)cc2NC(=O)c2csc(S(N)(=O)=O)c2)cc1. The number of hydrogen-bond donors (Lipinski definition) is 2. The number of benzene rings is 2. The zero-order valence-corrected chi connectivity index (χ0v) is 16.5. The number of nitrogens with one attached hydrogen (secondary N) is 1. The van der Waals surface area contributed by atoms with E-state index in [0.29, 0.717) is 22.2 Å². The first-order chi connectivity index (χ1) is 12.7. The molecule has 0 aliphatic rings. The van der Waals surface area contributed by atoms with Crippen LogP contribution in [0.2, 0.25) is 5.02 Å². The number of halogens is 1. The Kier molecular flexibility index (Phi) is 5.52. The van der Waals surface area contributed by atoms with Crippen LogP contribution in [0.15, 0.2) is 58.1 Å². The van der Waals surface area contributed by atoms with Gasteiger partial charge in [0.25, 0.3) is 5.91 Å². The van der Waals surface area contributed by atoms with E-state index >= 15 is 0 Å². The molecule has 2 aromatic carbocycles. The van der Waals surface area contributed by atoms with Crippen molar-refractivity contribution < 1.29 is 17.9 Å². The third-order valence-corrected chi connectivity index (χ3v) is 6.18. The number of aryl methyl sites for hydroxylation is 1. The number of thiophene rings is 1. The lowest BCUT2D eigenvalue weighted by atomic mass is 10.2. The molecule has 0 saturated carbocycles. The molecule has 6 nitrogen and oxygen atoms in total. The Morgan fingerprint density at radius 3 is 2.48 bits per heavy atom. The highest BCUT2D eigenvalue weighted by Crippen LogP contribution is 2.33. The zero-order valence-electron chi connectivity index (χ0n) is 14.1. The molecule has 140 valence electrons. The Balaban J connectivity index is 1.85. The third kappa shape index (κ3) is 4.86. The summed E-state index contributed by atoms with van der Waals surface area (Å²) in [5.74, 6) is 0.501. The van der Waals surface area contributed by atoms with Crippen molar-refractivity contribution in [1.29, 1.82) is 0 Å². The predicted octanol–water partition coefficient (Wildman–Crippen LogP) is 4.40. The van der Waals surface area contributed by atoms with Crippen molar-refractivity contribution in [2.45, 2.75) is 11.1 Å². The van der Waals surface area contributed by atoms with Gasteiger partial charge in [0, 0.05) is 10.4 Å². The number of rotatable bonds is 5. The summed E-state index contributed by atoms with van der Waals surface area (Å²) in [4.78, 5) is 12.5. The van der Waals surface area contributed by atoms with Gasteiger partial charge in [-0.05, 0) is 43.3 Å². The largest absolute Gasteiger partial charge is 0.455 e. The summed E-state index contributed by atoms with van der Waals surface area (Å²) in [5, 5.41) is 9.59. The van der Waals surface area contributed by atoms with Crippen molar-refractivity contribution in [3.05, 3.63) is 70.1 Å². The lowest BCUT2D eigenvalue weighted by molar-refractivity contribution is 0.102. The van der Waals surface area contributed by atoms with Crippen LogP contribution in [0.5, 0.6) is 11.5 Å². The molecular formula is C18H15ClN2O4S2. The number of primary sulfonamides is 1. The highest BCUT2D eigenvalue weighted by Gasteiger charge is 2.17. The summed E-state index contributed by atoms with van der Waals surface area (Å²) in [5.41, 5.74) is 1.62. The maximum absolute atomic E-state index is 12.5. The third-order valence-electron chi connectivity index (χ3n) is 3.56. The Hall–Kier alpha value is -2.39. The minimum absolute atomic E-state index is 0.0881. The van der Waals surface area contributed by atoms with Gasteiger partial charge >= 0.3 is 0 Å². The van der Waals surface area contributed by atoms with Crippen LogP contribution in [0.3, 0.4) is 0 Å². The molecule has 0 radical (unpaired) electrons. The average molecular weight is 423 g/mol. The highest BCUT2D eigenvalue weighted by molar-refractivity contribution is 7.91. The van der Waals surface area contributed by atoms with Crippen molar-refractivity contribution in [1.82, 2.24) is 0 Å². The quantitative estimate of drug-likeness (QED) is 0.636. The number of nitrogens with two attached hydrogens (primary N) is 1. The van der Waals surface area contributed by atoms with E-state index in [2.05, 4.69) is 5.32 Å². The summed E-state index contributed by atoms with van der Waals surface area (Å²) in [6.45, 7) is 1.97. The van der Waals surface area contributed by atoms with Gasteiger partial charge in [0.2, 0.25) is 10.0 Å². The molecule has 0 aliphatic carbocycles. The molecule has 1 aromatic heterocycles. The first-order valence-corrected chi connectivity index (χ1v) is 10.5. The molecule has 0 unspecified atom stereocenters. The number of amides is 1. The van der Waals surface area contributed by atoms with Gasteiger partial charge in [0.1, 0.15) is 9.96 Å². The Morgan fingerprint density at radius 2 is 1.85 bits per heavy atom. The van der Waals surface area contributed by atoms with Crippen molar-refractivity contribution in [3.8, 4) is 11.5 Å². The summed E-state index contributed by atoms with van der Waals surface area (Å²) in [6.07, 6.45) is 0. The molecule has 0 bridgehead atoms. The first kappa shape index (κ1) is 19.4. The van der Waals surface area contributed by atoms with Crippen LogP contribution in [0.25, 0.3) is 0 Å². The second kappa shape index (κ2) is 7.69. The van der Waals surface area contributed by atoms with E-state index in [1.807, 2.05) is 31.2 Å². The molecule has 0 fully saturated rings. The molecule has 0 saturated heterocycles. The van der Waals surface area contributed by atoms with Crippen LogP contribution in [-0.4, -0.2) is 14.3 Å². The molecule has 9 heteroatoms. The van der Waals surface area contributed by atoms with Crippen molar-refractivity contribution in [2.24, 2.45) is 5.14 Å². The van der Waals surface area contributed by atoms with Crippen LogP contribution in [0, 0.1) is 6.92 Å². The van der Waals surface area contributed by atoms with Crippen LogP contribution < -0.4 is 15.2 Å². The maximum atomic E-state index is 12.5. The Labute approximate surface area is 165 Å². The minimum Gasteiger partial charge on any atom is -0.455 e. The second-order valence-corrected chi connectivity index (χ2v) is 8.85. The van der Waals surface area contributed by atoms with E-state index in [-0.39, 0.29) is 9.77 Å². The van der Waals surface area contributed by atoms with E-state index < -0.39 is 15.9 Å². The van der Waals surface area contributed by atoms with E-state index in [4.69, 9.17) is 21.5 Å². The molecule has 0 atom stereocenters. The van der Waals surface area contributed by atoms with E-state index in [1.165, 1.54) is 11.4 Å². The average Bonchev–Trinajstić information content (AvgIpc) is 3.10. The molecule has 1 amide bonds. The maximum Gasteiger partial charge on any atom is 0.256 e. The molecule has 3 aromatic rings. The van der Waals surface area contributed by atoms with Crippen molar-refractivity contribution in [3.63, 3.8) is 0 Å². The standard InChI is InChI=1S/C18H15ClN2O4S2/c1-11-2-5-14(6-3-11)25-16-7-4-13(19)9-15(16)21-18(22)12-8-17(26-10-12)27(20,23)24/h2-10H,1H3,(H,21,22)(H2,20,23,24). The minimum atomic E-state index is -3.85. The van der Waals surface area contributed by atoms with Crippen molar-refractivity contribution in [2.75, 3.05) is 5.32 Å². The number of carbonyl (C=O) groups excluding carboxylic acids is 1. The van der Waals surface area contributed by atoms with Crippen LogP contribution >= 0.6 is 22.9 Å². The molecule has 0 aliphatic heterocycles. The van der Waals surface area contributed by atoms with Crippen molar-refractivity contribution >= 4 is 44.6 Å². The second-order valence-electron chi connectivity index (χ2n) is 5.71. The summed E-state index contributed by atoms with van der Waals surface area (Å²) in [6, 6.07) is 13.5. The fourth-order valence-electron chi connectivity index (χ4n) is 2.20. The van der Waals surface area contributed by atoms with Gasteiger partial charge in [-0.15, -0.1) is 11.3 Å². The summed E-state index contributed by atoms with van der Waals surface area (Å²) >= 11 is 6.91. The van der Waals surface area contributed by atoms with Gasteiger partial charge in [-0.1, -0.05) is 29.3 Å². The van der Waals surface area contributed by atoms with E-state index in [1.54, 1.807) is 18.2 Å². The van der Waals surface area contributed by atoms with Crippen LogP contribution in [-0.2, 0) is 10.0 Å². The van der Waals surface area contributed by atoms with Crippen LogP contribution in [0.1, 0.15) is 15.9 Å². The number of anilines is 1. The first-order valence-electron chi connectivity index (χ1n) is 7.69. The zero-order chi connectivity index (χ0) is 19.6. The van der Waals surface area contributed by atoms with Gasteiger partial charge in [-0.25, -0.2) is 13.6 Å². The molecule has 27 heavy (non-hydrogen) atoms. The van der Waals surface area contributed by atoms with Gasteiger partial charge < -0.3 is 10.1 Å². The van der Waals surface area contributed by atoms with Gasteiger partial charge in [0.05, 0.1) is 11.3 Å². The topological polar surface area (TPSA) is 98.5 Å². The molecular weight excluding hydrogens is 408 g/mol. The molecule has 3 rings (SSSR count). The van der Waals surface area contributed by atoms with Gasteiger partial charge in [0.15, 0.2) is 5.75 Å². The lowest BCUT2D eigenvalue weighted by Crippen LogP contribution is -2.13. The number of ether oxygens (including phenoxy) is 1. The van der Waals surface area contributed by atoms with E-state index in [9.17, 15) is 13.2 Å². The smallest absolute Gasteiger partial charge is 0.256 e. The van der Waals surface area contributed by atoms with E-state index in [0.717, 1.165) is 16.9 Å². The summed E-state index contributed by atoms with van der Waals surface area (Å²) in [7, 11) is -3.85. The van der Waals surface area contributed by atoms with Gasteiger partial charge in [-0.3, -0.25) is 4.79 Å². The number of carbonyl (C=O) groups is 1. The highest BCUT2D eigenvalue weighted by atomic mass is 35.5. The van der Waals surface area contributed by atoms with Crippen LogP contribution in [0.4, 0.5) is 5.69 Å². The fourth-order valence-corrected chi connectivity index (χ4v) is 3.96. The predicted molar refractivity (Wildman–Crippen MR) is 106 cm³/mol. The molecule has 0 spiro atoms. The Morgan fingerprint density at radius 1 is 1.15 bits per heavy atom. The van der Waals surface area contributed by atoms with Gasteiger partial charge in [-0.2, -0.15) is 0 Å². The summed E-state index contributed by atoms with van der Waals surface area (Å²) < 4.78 is 28.5.